The second-order valence-corrected chi connectivity index (χ2v) is 4.33. The van der Waals surface area contributed by atoms with Gasteiger partial charge in [0.05, 0.1) is 5.39 Å². The van der Waals surface area contributed by atoms with Crippen molar-refractivity contribution in [1.29, 1.82) is 0 Å². The first-order valence-electron chi connectivity index (χ1n) is 5.95. The van der Waals surface area contributed by atoms with Gasteiger partial charge in [-0.2, -0.15) is 4.40 Å². The third-order valence-electron chi connectivity index (χ3n) is 3.26. The lowest BCUT2D eigenvalue weighted by Crippen LogP contribution is -3.00. The summed E-state index contributed by atoms with van der Waals surface area (Å²) in [4.78, 5) is 0. The first-order chi connectivity index (χ1) is 8.70. The van der Waals surface area contributed by atoms with Crippen molar-refractivity contribution >= 4 is 16.3 Å². The molecule has 0 aliphatic rings. The predicted molar refractivity (Wildman–Crippen MR) is 68.1 cm³/mol. The van der Waals surface area contributed by atoms with Crippen LogP contribution in [0.4, 0.5) is 4.39 Å². The van der Waals surface area contributed by atoms with Crippen molar-refractivity contribution in [3.63, 3.8) is 0 Å². The third-order valence-corrected chi connectivity index (χ3v) is 3.26. The number of halogens is 2. The van der Waals surface area contributed by atoms with E-state index in [9.17, 15) is 9.50 Å². The van der Waals surface area contributed by atoms with Crippen LogP contribution >= 0.6 is 0 Å². The van der Waals surface area contributed by atoms with Crippen LogP contribution in [0.3, 0.4) is 0 Å². The molecule has 2 nitrogen and oxygen atoms in total. The molecule has 0 atom stereocenters. The first kappa shape index (κ1) is 13.7. The second kappa shape index (κ2) is 5.13. The molecule has 98 valence electrons. The fraction of sp³-hybridized carbons (Fsp3) is 0.133. The van der Waals surface area contributed by atoms with Gasteiger partial charge in [0, 0.05) is 23.9 Å². The normalized spacial score (nSPS) is 10.6. The van der Waals surface area contributed by atoms with Crippen LogP contribution in [-0.2, 0) is 6.42 Å². The zero-order valence-corrected chi connectivity index (χ0v) is 12.0. The van der Waals surface area contributed by atoms with E-state index in [0.717, 1.165) is 23.0 Å². The van der Waals surface area contributed by atoms with Gasteiger partial charge in [0.15, 0.2) is 11.4 Å². The summed E-state index contributed by atoms with van der Waals surface area (Å²) < 4.78 is 15.3. The van der Waals surface area contributed by atoms with E-state index >= 15 is 0 Å². The van der Waals surface area contributed by atoms with E-state index in [2.05, 4.69) is 6.92 Å². The minimum absolute atomic E-state index is 0. The first-order valence-corrected chi connectivity index (χ1v) is 5.95. The third kappa shape index (κ3) is 2.16. The Hall–Kier alpha value is -1.68. The lowest BCUT2D eigenvalue weighted by Gasteiger charge is -2.03. The molecule has 0 unspecified atom stereocenters. The summed E-state index contributed by atoms with van der Waals surface area (Å²) in [5.41, 5.74) is 1.98. The van der Waals surface area contributed by atoms with Gasteiger partial charge in [-0.3, -0.25) is 0 Å². The molecule has 0 radical (unpaired) electrons. The van der Waals surface area contributed by atoms with Crippen molar-refractivity contribution in [2.75, 3.05) is 0 Å². The molecule has 1 aromatic carbocycles. The van der Waals surface area contributed by atoms with Crippen LogP contribution in [0.2, 0.25) is 0 Å². The van der Waals surface area contributed by atoms with Crippen molar-refractivity contribution in [3.05, 3.63) is 54.1 Å². The molecular formula is C15H13BrFNO. The van der Waals surface area contributed by atoms with E-state index in [0.29, 0.717) is 5.39 Å². The summed E-state index contributed by atoms with van der Waals surface area (Å²) in [6.07, 6.45) is 2.54. The van der Waals surface area contributed by atoms with Crippen LogP contribution in [0.1, 0.15) is 12.6 Å². The second-order valence-electron chi connectivity index (χ2n) is 4.33. The van der Waals surface area contributed by atoms with Gasteiger partial charge in [-0.1, -0.05) is 6.92 Å². The molecule has 0 spiro atoms. The lowest BCUT2D eigenvalue weighted by molar-refractivity contribution is -0.521. The SMILES string of the molecule is CCc1cccc2c3cc(F)ccc3c(O)c[n+]12.[Br-]. The summed E-state index contributed by atoms with van der Waals surface area (Å²) in [7, 11) is 0. The van der Waals surface area contributed by atoms with Gasteiger partial charge in [0.2, 0.25) is 11.7 Å². The van der Waals surface area contributed by atoms with Crippen LogP contribution in [-0.4, -0.2) is 5.11 Å². The highest BCUT2D eigenvalue weighted by Crippen LogP contribution is 2.26. The zero-order chi connectivity index (χ0) is 12.7. The van der Waals surface area contributed by atoms with Crippen molar-refractivity contribution in [2.24, 2.45) is 0 Å². The van der Waals surface area contributed by atoms with Crippen LogP contribution < -0.4 is 21.4 Å². The summed E-state index contributed by atoms with van der Waals surface area (Å²) >= 11 is 0. The molecule has 1 N–H and O–H groups in total. The summed E-state index contributed by atoms with van der Waals surface area (Å²) in [5.74, 6) is -0.125. The Balaban J connectivity index is 0.00000133. The number of hydrogen-bond donors (Lipinski definition) is 1. The van der Waals surface area contributed by atoms with E-state index in [1.807, 2.05) is 22.6 Å². The van der Waals surface area contributed by atoms with E-state index in [4.69, 9.17) is 0 Å². The molecule has 0 saturated heterocycles. The van der Waals surface area contributed by atoms with Gasteiger partial charge in [0.1, 0.15) is 5.82 Å². The number of aromatic hydroxyl groups is 1. The fourth-order valence-corrected chi connectivity index (χ4v) is 2.37. The molecule has 0 saturated carbocycles. The number of fused-ring (bicyclic) bond motifs is 3. The molecule has 0 aliphatic carbocycles. The number of nitrogens with zero attached hydrogens (tertiary/aromatic N) is 1. The number of aromatic nitrogens is 1. The quantitative estimate of drug-likeness (QED) is 0.495. The molecule has 3 rings (SSSR count). The maximum Gasteiger partial charge on any atom is 0.219 e. The van der Waals surface area contributed by atoms with Crippen molar-refractivity contribution in [3.8, 4) is 5.75 Å². The highest BCUT2D eigenvalue weighted by atomic mass is 79.9. The Kier molecular flexibility index (Phi) is 3.71. The Morgan fingerprint density at radius 3 is 2.68 bits per heavy atom. The average molecular weight is 322 g/mol. The number of aryl methyl sites for hydroxylation is 1. The van der Waals surface area contributed by atoms with Crippen LogP contribution in [0.15, 0.2) is 42.6 Å². The molecule has 0 amide bonds. The summed E-state index contributed by atoms with van der Waals surface area (Å²) in [6, 6.07) is 10.3. The zero-order valence-electron chi connectivity index (χ0n) is 10.4. The maximum absolute atomic E-state index is 13.4. The molecule has 4 heteroatoms. The average Bonchev–Trinajstić information content (AvgIpc) is 2.38. The number of benzene rings is 1. The van der Waals surface area contributed by atoms with E-state index in [1.165, 1.54) is 12.1 Å². The molecule has 0 fully saturated rings. The Morgan fingerprint density at radius 2 is 1.95 bits per heavy atom. The maximum atomic E-state index is 13.4. The van der Waals surface area contributed by atoms with E-state index in [-0.39, 0.29) is 28.5 Å². The van der Waals surface area contributed by atoms with Gasteiger partial charge in [-0.05, 0) is 24.3 Å². The standard InChI is InChI=1S/C15H12FNO.BrH/c1-2-11-4-3-5-14-13-8-10(16)6-7-12(13)15(18)9-17(11)14;/h3-9H,2H2,1H3;1H. The Labute approximate surface area is 120 Å². The van der Waals surface area contributed by atoms with Gasteiger partial charge in [-0.15, -0.1) is 0 Å². The van der Waals surface area contributed by atoms with Crippen LogP contribution in [0, 0.1) is 5.82 Å². The van der Waals surface area contributed by atoms with Gasteiger partial charge >= 0.3 is 0 Å². The molecule has 0 aliphatic heterocycles. The van der Waals surface area contributed by atoms with Crippen LogP contribution in [0.5, 0.6) is 5.75 Å². The molecule has 0 bridgehead atoms. The van der Waals surface area contributed by atoms with Crippen molar-refractivity contribution in [1.82, 2.24) is 0 Å². The molecule has 19 heavy (non-hydrogen) atoms. The summed E-state index contributed by atoms with van der Waals surface area (Å²) in [6.45, 7) is 2.05. The topological polar surface area (TPSA) is 24.3 Å². The van der Waals surface area contributed by atoms with E-state index < -0.39 is 0 Å². The minimum atomic E-state index is -0.295. The summed E-state index contributed by atoms with van der Waals surface area (Å²) in [5, 5.41) is 11.4. The van der Waals surface area contributed by atoms with Gasteiger partial charge in [-0.25, -0.2) is 4.39 Å². The molecular weight excluding hydrogens is 309 g/mol. The highest BCUT2D eigenvalue weighted by molar-refractivity contribution is 5.97. The smallest absolute Gasteiger partial charge is 0.219 e. The predicted octanol–water partition coefficient (Wildman–Crippen LogP) is -0.0104. The Morgan fingerprint density at radius 1 is 1.16 bits per heavy atom. The number of pyridine rings is 2. The van der Waals surface area contributed by atoms with Crippen molar-refractivity contribution in [2.45, 2.75) is 13.3 Å². The largest absolute Gasteiger partial charge is 1.00 e. The number of hydrogen-bond acceptors (Lipinski definition) is 1. The molecule has 3 aromatic rings. The minimum Gasteiger partial charge on any atom is -1.00 e. The fourth-order valence-electron chi connectivity index (χ4n) is 2.37. The van der Waals surface area contributed by atoms with Gasteiger partial charge in [0.25, 0.3) is 0 Å². The monoisotopic (exact) mass is 321 g/mol. The van der Waals surface area contributed by atoms with E-state index in [1.54, 1.807) is 12.3 Å². The Bertz CT molecular complexity index is 758. The van der Waals surface area contributed by atoms with Gasteiger partial charge < -0.3 is 22.1 Å². The van der Waals surface area contributed by atoms with Crippen LogP contribution in [0.25, 0.3) is 16.3 Å². The van der Waals surface area contributed by atoms with Crippen molar-refractivity contribution < 1.29 is 30.9 Å². The lowest BCUT2D eigenvalue weighted by atomic mass is 10.1. The molecule has 2 aromatic heterocycles. The molecule has 2 heterocycles. The highest BCUT2D eigenvalue weighted by Gasteiger charge is 2.15. The number of rotatable bonds is 1.